The SMILES string of the molecule is CCC(Sc1cccc(NC(=O)/C(=C\c2ccc(OCc3ccccc3)cc2)NC(=O)c2ccccc2)c1)C(=O)Nc1cc(C)cc(C)c1. The van der Waals surface area contributed by atoms with Crippen molar-refractivity contribution in [2.75, 3.05) is 10.6 Å². The predicted octanol–water partition coefficient (Wildman–Crippen LogP) is 8.80. The molecule has 3 amide bonds. The second kappa shape index (κ2) is 17.0. The molecule has 5 rings (SSSR count). The van der Waals surface area contributed by atoms with Gasteiger partial charge in [0.25, 0.3) is 11.8 Å². The lowest BCUT2D eigenvalue weighted by molar-refractivity contribution is -0.116. The van der Waals surface area contributed by atoms with Crippen LogP contribution in [-0.4, -0.2) is 23.0 Å². The summed E-state index contributed by atoms with van der Waals surface area (Å²) in [5, 5.41) is 8.41. The molecule has 1 unspecified atom stereocenters. The maximum atomic E-state index is 13.7. The van der Waals surface area contributed by atoms with Crippen LogP contribution in [0.4, 0.5) is 11.4 Å². The number of thioether (sulfide) groups is 1. The Kier molecular flexibility index (Phi) is 12.0. The number of hydrogen-bond donors (Lipinski definition) is 3. The summed E-state index contributed by atoms with van der Waals surface area (Å²) < 4.78 is 5.90. The molecule has 49 heavy (non-hydrogen) atoms. The highest BCUT2D eigenvalue weighted by atomic mass is 32.2. The molecule has 5 aromatic rings. The maximum absolute atomic E-state index is 13.7. The van der Waals surface area contributed by atoms with Crippen LogP contribution in [0.3, 0.4) is 0 Å². The van der Waals surface area contributed by atoms with E-state index in [0.717, 1.165) is 27.3 Å². The normalized spacial score (nSPS) is 11.7. The summed E-state index contributed by atoms with van der Waals surface area (Å²) in [6.07, 6.45) is 2.24. The first-order valence-electron chi connectivity index (χ1n) is 16.1. The van der Waals surface area contributed by atoms with Gasteiger partial charge in [0.15, 0.2) is 0 Å². The number of nitrogens with one attached hydrogen (secondary N) is 3. The zero-order chi connectivity index (χ0) is 34.6. The van der Waals surface area contributed by atoms with E-state index in [1.165, 1.54) is 11.8 Å². The highest BCUT2D eigenvalue weighted by Gasteiger charge is 2.20. The number of carbonyl (C=O) groups is 3. The Hall–Kier alpha value is -5.60. The van der Waals surface area contributed by atoms with E-state index >= 15 is 0 Å². The Morgan fingerprint density at radius 2 is 1.41 bits per heavy atom. The third-order valence-electron chi connectivity index (χ3n) is 7.49. The maximum Gasteiger partial charge on any atom is 0.272 e. The van der Waals surface area contributed by atoms with Crippen LogP contribution in [0.1, 0.15) is 46.0 Å². The Labute approximate surface area is 291 Å². The van der Waals surface area contributed by atoms with Crippen molar-refractivity contribution in [2.24, 2.45) is 0 Å². The molecular weight excluding hydrogens is 631 g/mol. The molecule has 5 aromatic carbocycles. The van der Waals surface area contributed by atoms with Crippen molar-refractivity contribution in [3.8, 4) is 5.75 Å². The lowest BCUT2D eigenvalue weighted by atomic mass is 10.1. The molecule has 0 saturated carbocycles. The van der Waals surface area contributed by atoms with Crippen LogP contribution in [-0.2, 0) is 16.2 Å². The lowest BCUT2D eigenvalue weighted by Gasteiger charge is -2.16. The van der Waals surface area contributed by atoms with Gasteiger partial charge in [-0.05, 0) is 103 Å². The molecule has 0 fully saturated rings. The number of ether oxygens (including phenoxy) is 1. The van der Waals surface area contributed by atoms with E-state index in [9.17, 15) is 14.4 Å². The molecule has 0 radical (unpaired) electrons. The molecule has 0 aliphatic carbocycles. The summed E-state index contributed by atoms with van der Waals surface area (Å²) in [6.45, 7) is 6.41. The van der Waals surface area contributed by atoms with E-state index in [1.807, 2.05) is 112 Å². The van der Waals surface area contributed by atoms with E-state index in [1.54, 1.807) is 36.4 Å². The van der Waals surface area contributed by atoms with Crippen molar-refractivity contribution in [3.63, 3.8) is 0 Å². The molecule has 7 nitrogen and oxygen atoms in total. The molecule has 1 atom stereocenters. The molecule has 0 saturated heterocycles. The zero-order valence-corrected chi connectivity index (χ0v) is 28.6. The third-order valence-corrected chi connectivity index (χ3v) is 8.85. The van der Waals surface area contributed by atoms with E-state index in [0.29, 0.717) is 35.6 Å². The summed E-state index contributed by atoms with van der Waals surface area (Å²) in [5.74, 6) is -0.301. The topological polar surface area (TPSA) is 96.5 Å². The van der Waals surface area contributed by atoms with Crippen LogP contribution < -0.4 is 20.7 Å². The Morgan fingerprint density at radius 3 is 2.08 bits per heavy atom. The molecule has 0 spiro atoms. The molecule has 248 valence electrons. The fraction of sp³-hybridized carbons (Fsp3) is 0.146. The van der Waals surface area contributed by atoms with Crippen molar-refractivity contribution in [1.29, 1.82) is 0 Å². The van der Waals surface area contributed by atoms with E-state index in [-0.39, 0.29) is 16.9 Å². The van der Waals surface area contributed by atoms with Gasteiger partial charge in [0.2, 0.25) is 5.91 Å². The summed E-state index contributed by atoms with van der Waals surface area (Å²) in [4.78, 5) is 40.8. The van der Waals surface area contributed by atoms with Gasteiger partial charge in [-0.2, -0.15) is 0 Å². The molecular formula is C41H39N3O4S. The average Bonchev–Trinajstić information content (AvgIpc) is 3.10. The summed E-state index contributed by atoms with van der Waals surface area (Å²) >= 11 is 1.43. The average molecular weight is 670 g/mol. The van der Waals surface area contributed by atoms with Crippen molar-refractivity contribution >= 4 is 46.9 Å². The number of benzene rings is 5. The van der Waals surface area contributed by atoms with Gasteiger partial charge in [-0.15, -0.1) is 11.8 Å². The zero-order valence-electron chi connectivity index (χ0n) is 27.7. The Bertz CT molecular complexity index is 1910. The molecule has 0 bridgehead atoms. The number of aryl methyl sites for hydroxylation is 2. The Morgan fingerprint density at radius 1 is 0.735 bits per heavy atom. The van der Waals surface area contributed by atoms with Crippen LogP contribution in [0.2, 0.25) is 0 Å². The minimum absolute atomic E-state index is 0.0733. The second-order valence-corrected chi connectivity index (χ2v) is 12.9. The largest absolute Gasteiger partial charge is 0.489 e. The minimum Gasteiger partial charge on any atom is -0.489 e. The van der Waals surface area contributed by atoms with Gasteiger partial charge in [-0.1, -0.05) is 79.7 Å². The smallest absolute Gasteiger partial charge is 0.272 e. The molecule has 0 heterocycles. The molecule has 3 N–H and O–H groups in total. The Balaban J connectivity index is 1.30. The standard InChI is InChI=1S/C41H39N3O4S/c1-4-38(41(47)43-34-23-28(2)22-29(3)24-34)49-36-17-11-16-33(26-36)42-40(46)37(44-39(45)32-14-9-6-10-15-32)25-30-18-20-35(21-19-30)48-27-31-12-7-5-8-13-31/h5-26,38H,4,27H2,1-3H3,(H,42,46)(H,43,47)(H,44,45)/b37-25+. The van der Waals surface area contributed by atoms with Crippen molar-refractivity contribution in [3.05, 3.63) is 161 Å². The van der Waals surface area contributed by atoms with Crippen LogP contribution in [0.25, 0.3) is 6.08 Å². The number of amides is 3. The summed E-state index contributed by atoms with van der Waals surface area (Å²) in [6, 6.07) is 39.2. The van der Waals surface area contributed by atoms with Gasteiger partial charge in [0.1, 0.15) is 18.1 Å². The van der Waals surface area contributed by atoms with Gasteiger partial charge in [0.05, 0.1) is 5.25 Å². The molecule has 0 aliphatic rings. The van der Waals surface area contributed by atoms with Crippen LogP contribution in [0.15, 0.2) is 138 Å². The predicted molar refractivity (Wildman–Crippen MR) is 199 cm³/mol. The number of rotatable bonds is 13. The first kappa shape index (κ1) is 34.7. The monoisotopic (exact) mass is 669 g/mol. The van der Waals surface area contributed by atoms with Crippen LogP contribution in [0.5, 0.6) is 5.75 Å². The van der Waals surface area contributed by atoms with Gasteiger partial charge in [-0.25, -0.2) is 0 Å². The van der Waals surface area contributed by atoms with Crippen molar-refractivity contribution in [2.45, 2.75) is 43.9 Å². The van der Waals surface area contributed by atoms with Crippen LogP contribution in [0, 0.1) is 13.8 Å². The summed E-state index contributed by atoms with van der Waals surface area (Å²) in [7, 11) is 0. The highest BCUT2D eigenvalue weighted by molar-refractivity contribution is 8.00. The lowest BCUT2D eigenvalue weighted by Crippen LogP contribution is -2.30. The number of hydrogen-bond acceptors (Lipinski definition) is 5. The van der Waals surface area contributed by atoms with Crippen molar-refractivity contribution < 1.29 is 19.1 Å². The van der Waals surface area contributed by atoms with Gasteiger partial charge in [0, 0.05) is 21.8 Å². The van der Waals surface area contributed by atoms with Gasteiger partial charge >= 0.3 is 0 Å². The van der Waals surface area contributed by atoms with E-state index in [2.05, 4.69) is 22.0 Å². The second-order valence-electron chi connectivity index (χ2n) is 11.6. The van der Waals surface area contributed by atoms with E-state index < -0.39 is 11.8 Å². The first-order chi connectivity index (χ1) is 23.7. The minimum atomic E-state index is -0.490. The van der Waals surface area contributed by atoms with Gasteiger partial charge in [-0.3, -0.25) is 14.4 Å². The van der Waals surface area contributed by atoms with Crippen molar-refractivity contribution in [1.82, 2.24) is 5.32 Å². The molecule has 8 heteroatoms. The third kappa shape index (κ3) is 10.4. The molecule has 0 aliphatic heterocycles. The number of carbonyl (C=O) groups excluding carboxylic acids is 3. The highest BCUT2D eigenvalue weighted by Crippen LogP contribution is 2.29. The first-order valence-corrected chi connectivity index (χ1v) is 17.0. The fourth-order valence-electron chi connectivity index (χ4n) is 5.11. The summed E-state index contributed by atoms with van der Waals surface area (Å²) in [5.41, 5.74) is 5.73. The molecule has 0 aromatic heterocycles. The number of anilines is 2. The fourth-order valence-corrected chi connectivity index (χ4v) is 6.13. The van der Waals surface area contributed by atoms with Crippen LogP contribution >= 0.6 is 11.8 Å². The van der Waals surface area contributed by atoms with Gasteiger partial charge < -0.3 is 20.7 Å². The quantitative estimate of drug-likeness (QED) is 0.0860. The van der Waals surface area contributed by atoms with E-state index in [4.69, 9.17) is 4.74 Å².